The largest absolute Gasteiger partial charge is 0.478 e. The first kappa shape index (κ1) is 13.3. The number of furan rings is 1. The SMILES string of the molecule is Cc1oc(COCc2ccccc2F)cc1C(=O)O. The second kappa shape index (κ2) is 5.67. The van der Waals surface area contributed by atoms with Gasteiger partial charge in [-0.05, 0) is 19.1 Å². The van der Waals surface area contributed by atoms with Crippen LogP contribution >= 0.6 is 0 Å². The third-order valence-electron chi connectivity index (χ3n) is 2.66. The number of halogens is 1. The number of carbonyl (C=O) groups is 1. The van der Waals surface area contributed by atoms with Gasteiger partial charge in [0, 0.05) is 5.56 Å². The average molecular weight is 264 g/mol. The van der Waals surface area contributed by atoms with Gasteiger partial charge < -0.3 is 14.3 Å². The van der Waals surface area contributed by atoms with E-state index < -0.39 is 5.97 Å². The molecule has 0 saturated heterocycles. The van der Waals surface area contributed by atoms with Crippen LogP contribution in [-0.2, 0) is 18.0 Å². The Bertz CT molecular complexity index is 589. The summed E-state index contributed by atoms with van der Waals surface area (Å²) in [6.45, 7) is 1.78. The number of carboxylic acid groups (broad SMARTS) is 1. The van der Waals surface area contributed by atoms with Gasteiger partial charge in [0.05, 0.1) is 6.61 Å². The Morgan fingerprint density at radius 3 is 2.74 bits per heavy atom. The molecule has 0 unspecified atom stereocenters. The number of ether oxygens (including phenoxy) is 1. The number of aryl methyl sites for hydroxylation is 1. The van der Waals surface area contributed by atoms with Crippen molar-refractivity contribution in [1.29, 1.82) is 0 Å². The minimum absolute atomic E-state index is 0.0997. The summed E-state index contributed by atoms with van der Waals surface area (Å²) >= 11 is 0. The molecule has 0 aliphatic carbocycles. The molecule has 0 saturated carbocycles. The smallest absolute Gasteiger partial charge is 0.339 e. The summed E-state index contributed by atoms with van der Waals surface area (Å²) in [5.41, 5.74) is 0.564. The highest BCUT2D eigenvalue weighted by atomic mass is 19.1. The Balaban J connectivity index is 1.95. The number of rotatable bonds is 5. The summed E-state index contributed by atoms with van der Waals surface area (Å²) in [5, 5.41) is 8.87. The number of aromatic carboxylic acids is 1. The molecule has 2 rings (SSSR count). The molecule has 0 aliphatic rings. The Kier molecular flexibility index (Phi) is 3.97. The summed E-state index contributed by atoms with van der Waals surface area (Å²) in [6.07, 6.45) is 0. The highest BCUT2D eigenvalue weighted by Crippen LogP contribution is 2.16. The van der Waals surface area contributed by atoms with E-state index in [1.807, 2.05) is 0 Å². The van der Waals surface area contributed by atoms with Gasteiger partial charge in [0.25, 0.3) is 0 Å². The molecule has 0 radical (unpaired) electrons. The zero-order valence-electron chi connectivity index (χ0n) is 10.4. The van der Waals surface area contributed by atoms with Crippen LogP contribution in [0.4, 0.5) is 4.39 Å². The van der Waals surface area contributed by atoms with Gasteiger partial charge in [0.1, 0.15) is 29.5 Å². The molecule has 1 N–H and O–H groups in total. The lowest BCUT2D eigenvalue weighted by molar-refractivity contribution is 0.0695. The van der Waals surface area contributed by atoms with Crippen molar-refractivity contribution in [2.45, 2.75) is 20.1 Å². The van der Waals surface area contributed by atoms with Crippen molar-refractivity contribution in [2.75, 3.05) is 0 Å². The van der Waals surface area contributed by atoms with Crippen LogP contribution in [0, 0.1) is 12.7 Å². The molecule has 0 fully saturated rings. The predicted molar refractivity (Wildman–Crippen MR) is 65.3 cm³/mol. The number of benzene rings is 1. The van der Waals surface area contributed by atoms with Crippen LogP contribution < -0.4 is 0 Å². The maximum atomic E-state index is 13.3. The molecule has 1 heterocycles. The first-order valence-electron chi connectivity index (χ1n) is 5.71. The van der Waals surface area contributed by atoms with Gasteiger partial charge in [-0.25, -0.2) is 9.18 Å². The van der Waals surface area contributed by atoms with Crippen LogP contribution in [0.15, 0.2) is 34.7 Å². The normalized spacial score (nSPS) is 10.6. The lowest BCUT2D eigenvalue weighted by Crippen LogP contribution is -1.96. The van der Waals surface area contributed by atoms with Gasteiger partial charge in [-0.15, -0.1) is 0 Å². The minimum atomic E-state index is -1.04. The van der Waals surface area contributed by atoms with Gasteiger partial charge in [0.15, 0.2) is 0 Å². The van der Waals surface area contributed by atoms with Crippen molar-refractivity contribution >= 4 is 5.97 Å². The molecule has 5 heteroatoms. The highest BCUT2D eigenvalue weighted by molar-refractivity contribution is 5.88. The summed E-state index contributed by atoms with van der Waals surface area (Å²) < 4.78 is 23.9. The first-order chi connectivity index (χ1) is 9.08. The molecular formula is C14H13FO4. The van der Waals surface area contributed by atoms with E-state index in [9.17, 15) is 9.18 Å². The van der Waals surface area contributed by atoms with E-state index in [2.05, 4.69) is 0 Å². The summed E-state index contributed by atoms with van der Waals surface area (Å²) in [4.78, 5) is 10.8. The lowest BCUT2D eigenvalue weighted by Gasteiger charge is -2.03. The monoisotopic (exact) mass is 264 g/mol. The molecule has 2 aromatic rings. The van der Waals surface area contributed by atoms with Crippen molar-refractivity contribution in [1.82, 2.24) is 0 Å². The van der Waals surface area contributed by atoms with Gasteiger partial charge >= 0.3 is 5.97 Å². The topological polar surface area (TPSA) is 59.7 Å². The Labute approximate surface area is 109 Å². The van der Waals surface area contributed by atoms with E-state index in [0.717, 1.165) is 0 Å². The maximum Gasteiger partial charge on any atom is 0.339 e. The highest BCUT2D eigenvalue weighted by Gasteiger charge is 2.13. The molecule has 0 spiro atoms. The molecule has 4 nitrogen and oxygen atoms in total. The molecule has 0 bridgehead atoms. The molecule has 1 aromatic heterocycles. The first-order valence-corrected chi connectivity index (χ1v) is 5.71. The van der Waals surface area contributed by atoms with E-state index in [-0.39, 0.29) is 24.6 Å². The van der Waals surface area contributed by atoms with Crippen LogP contribution in [0.25, 0.3) is 0 Å². The third-order valence-corrected chi connectivity index (χ3v) is 2.66. The second-order valence-corrected chi connectivity index (χ2v) is 4.07. The van der Waals surface area contributed by atoms with Crippen molar-refractivity contribution in [2.24, 2.45) is 0 Å². The molecule has 1 aromatic carbocycles. The maximum absolute atomic E-state index is 13.3. The van der Waals surface area contributed by atoms with Crippen LogP contribution in [0.3, 0.4) is 0 Å². The summed E-state index contributed by atoms with van der Waals surface area (Å²) in [7, 11) is 0. The van der Waals surface area contributed by atoms with Gasteiger partial charge in [-0.3, -0.25) is 0 Å². The van der Waals surface area contributed by atoms with E-state index in [1.54, 1.807) is 25.1 Å². The van der Waals surface area contributed by atoms with Crippen molar-refractivity contribution in [3.05, 3.63) is 58.8 Å². The van der Waals surface area contributed by atoms with E-state index in [4.69, 9.17) is 14.3 Å². The van der Waals surface area contributed by atoms with Crippen molar-refractivity contribution in [3.63, 3.8) is 0 Å². The Morgan fingerprint density at radius 1 is 1.37 bits per heavy atom. The molecule has 19 heavy (non-hydrogen) atoms. The van der Waals surface area contributed by atoms with Crippen LogP contribution in [0.2, 0.25) is 0 Å². The zero-order chi connectivity index (χ0) is 13.8. The summed E-state index contributed by atoms with van der Waals surface area (Å²) in [5.74, 6) is -0.630. The molecule has 0 atom stereocenters. The van der Waals surface area contributed by atoms with Gasteiger partial charge in [0.2, 0.25) is 0 Å². The van der Waals surface area contributed by atoms with Crippen LogP contribution in [-0.4, -0.2) is 11.1 Å². The third kappa shape index (κ3) is 3.20. The van der Waals surface area contributed by atoms with Crippen LogP contribution in [0.5, 0.6) is 0 Å². The van der Waals surface area contributed by atoms with E-state index >= 15 is 0 Å². The minimum Gasteiger partial charge on any atom is -0.478 e. The van der Waals surface area contributed by atoms with E-state index in [1.165, 1.54) is 12.1 Å². The molecular weight excluding hydrogens is 251 g/mol. The predicted octanol–water partition coefficient (Wildman–Crippen LogP) is 3.14. The summed E-state index contributed by atoms with van der Waals surface area (Å²) in [6, 6.07) is 7.73. The molecule has 0 aliphatic heterocycles. The standard InChI is InChI=1S/C14H13FO4/c1-9-12(14(16)17)6-11(19-9)8-18-7-10-4-2-3-5-13(10)15/h2-6H,7-8H2,1H3,(H,16,17). The Hall–Kier alpha value is -2.14. The van der Waals surface area contributed by atoms with Gasteiger partial charge in [-0.2, -0.15) is 0 Å². The number of carboxylic acids is 1. The number of hydrogen-bond donors (Lipinski definition) is 1. The van der Waals surface area contributed by atoms with Gasteiger partial charge in [-0.1, -0.05) is 18.2 Å². The zero-order valence-corrected chi connectivity index (χ0v) is 10.4. The van der Waals surface area contributed by atoms with E-state index in [0.29, 0.717) is 17.1 Å². The second-order valence-electron chi connectivity index (χ2n) is 4.07. The average Bonchev–Trinajstić information content (AvgIpc) is 2.73. The van der Waals surface area contributed by atoms with Crippen molar-refractivity contribution < 1.29 is 23.4 Å². The number of hydrogen-bond acceptors (Lipinski definition) is 3. The molecule has 0 amide bonds. The quantitative estimate of drug-likeness (QED) is 0.901. The van der Waals surface area contributed by atoms with Crippen LogP contribution in [0.1, 0.15) is 27.4 Å². The molecule has 100 valence electrons. The van der Waals surface area contributed by atoms with Crippen molar-refractivity contribution in [3.8, 4) is 0 Å². The fraction of sp³-hybridized carbons (Fsp3) is 0.214. The Morgan fingerprint density at radius 2 is 2.11 bits per heavy atom. The lowest BCUT2D eigenvalue weighted by atomic mass is 10.2. The fourth-order valence-electron chi connectivity index (χ4n) is 1.70. The fourth-order valence-corrected chi connectivity index (χ4v) is 1.70.